The van der Waals surface area contributed by atoms with Crippen molar-refractivity contribution in [1.82, 2.24) is 9.78 Å². The largest absolute Gasteiger partial charge is 0.383 e. The second-order valence-corrected chi connectivity index (χ2v) is 5.61. The zero-order valence-corrected chi connectivity index (χ0v) is 12.1. The quantitative estimate of drug-likeness (QED) is 0.588. The number of thiophene rings is 1. The van der Waals surface area contributed by atoms with E-state index in [0.29, 0.717) is 10.8 Å². The first kappa shape index (κ1) is 13.6. The van der Waals surface area contributed by atoms with Crippen LogP contribution >= 0.6 is 22.9 Å². The maximum atomic E-state index is 11.1. The van der Waals surface area contributed by atoms with Crippen molar-refractivity contribution in [3.8, 4) is 16.1 Å². The Morgan fingerprint density at radius 3 is 2.86 bits per heavy atom. The molecule has 0 aliphatic rings. The highest BCUT2D eigenvalue weighted by molar-refractivity contribution is 7.13. The smallest absolute Gasteiger partial charge is 0.295 e. The van der Waals surface area contributed by atoms with Crippen LogP contribution in [0.25, 0.3) is 16.1 Å². The summed E-state index contributed by atoms with van der Waals surface area (Å²) in [6.07, 6.45) is 1.59. The van der Waals surface area contributed by atoms with E-state index >= 15 is 0 Å². The molecule has 3 rings (SSSR count). The Kier molecular flexibility index (Phi) is 3.36. The van der Waals surface area contributed by atoms with Crippen molar-refractivity contribution in [3.63, 3.8) is 0 Å². The number of benzene rings is 1. The Bertz CT molecular complexity index is 814. The number of nitro benzene ring substituents is 1. The zero-order valence-electron chi connectivity index (χ0n) is 10.6. The number of nitro groups is 1. The number of halogens is 1. The molecular weight excluding hydrogens is 312 g/mol. The minimum absolute atomic E-state index is 0.105. The molecule has 2 aromatic heterocycles. The Morgan fingerprint density at radius 1 is 1.38 bits per heavy atom. The van der Waals surface area contributed by atoms with Gasteiger partial charge in [-0.15, -0.1) is 11.3 Å². The van der Waals surface area contributed by atoms with Crippen LogP contribution in [-0.2, 0) is 0 Å². The van der Waals surface area contributed by atoms with Crippen LogP contribution in [-0.4, -0.2) is 14.7 Å². The average Bonchev–Trinajstić information content (AvgIpc) is 3.07. The van der Waals surface area contributed by atoms with E-state index in [0.717, 1.165) is 10.4 Å². The molecule has 0 fully saturated rings. The summed E-state index contributed by atoms with van der Waals surface area (Å²) in [5.41, 5.74) is 6.96. The molecule has 0 aliphatic heterocycles. The summed E-state index contributed by atoms with van der Waals surface area (Å²) in [4.78, 5) is 11.6. The number of nitrogen functional groups attached to an aromatic ring is 1. The van der Waals surface area contributed by atoms with E-state index in [1.807, 2.05) is 17.5 Å². The van der Waals surface area contributed by atoms with Gasteiger partial charge in [-0.25, -0.2) is 4.68 Å². The molecule has 106 valence electrons. The third-order valence-electron chi connectivity index (χ3n) is 2.96. The molecular formula is C13H9ClN4O2S. The highest BCUT2D eigenvalue weighted by atomic mass is 35.5. The molecule has 0 radical (unpaired) electrons. The summed E-state index contributed by atoms with van der Waals surface area (Å²) in [6, 6.07) is 8.08. The van der Waals surface area contributed by atoms with Gasteiger partial charge in [0.05, 0.1) is 16.7 Å². The summed E-state index contributed by atoms with van der Waals surface area (Å²) in [6.45, 7) is 0. The second-order valence-electron chi connectivity index (χ2n) is 4.22. The molecule has 2 heterocycles. The predicted molar refractivity (Wildman–Crippen MR) is 83.0 cm³/mol. The van der Waals surface area contributed by atoms with Gasteiger partial charge in [-0.1, -0.05) is 17.7 Å². The number of nitrogens with zero attached hydrogens (tertiary/aromatic N) is 3. The van der Waals surface area contributed by atoms with Gasteiger partial charge in [0.25, 0.3) is 5.69 Å². The molecule has 2 N–H and O–H groups in total. The van der Waals surface area contributed by atoms with Crippen LogP contribution in [0.5, 0.6) is 0 Å². The molecule has 0 unspecified atom stereocenters. The summed E-state index contributed by atoms with van der Waals surface area (Å²) < 4.78 is 1.33. The van der Waals surface area contributed by atoms with Gasteiger partial charge in [0, 0.05) is 16.0 Å². The highest BCUT2D eigenvalue weighted by Gasteiger charge is 2.20. The molecule has 0 bridgehead atoms. The third kappa shape index (κ3) is 2.37. The lowest BCUT2D eigenvalue weighted by molar-refractivity contribution is -0.384. The maximum absolute atomic E-state index is 11.1. The van der Waals surface area contributed by atoms with E-state index in [4.69, 9.17) is 17.3 Å². The van der Waals surface area contributed by atoms with E-state index in [9.17, 15) is 10.1 Å². The molecule has 0 aliphatic carbocycles. The van der Waals surface area contributed by atoms with Crippen LogP contribution in [0.4, 0.5) is 11.5 Å². The first-order valence-corrected chi connectivity index (χ1v) is 7.15. The van der Waals surface area contributed by atoms with Crippen LogP contribution in [0, 0.1) is 10.1 Å². The number of anilines is 1. The van der Waals surface area contributed by atoms with E-state index in [1.54, 1.807) is 6.20 Å². The van der Waals surface area contributed by atoms with Gasteiger partial charge in [-0.05, 0) is 23.6 Å². The lowest BCUT2D eigenvalue weighted by Crippen LogP contribution is -2.05. The summed E-state index contributed by atoms with van der Waals surface area (Å²) >= 11 is 7.45. The van der Waals surface area contributed by atoms with E-state index in [2.05, 4.69) is 5.10 Å². The number of aromatic nitrogens is 2. The summed E-state index contributed by atoms with van der Waals surface area (Å²) in [5.74, 6) is 0.336. The molecule has 6 nitrogen and oxygen atoms in total. The molecule has 0 saturated heterocycles. The van der Waals surface area contributed by atoms with Crippen LogP contribution < -0.4 is 5.73 Å². The molecule has 21 heavy (non-hydrogen) atoms. The average molecular weight is 321 g/mol. The number of hydrogen-bond donors (Lipinski definition) is 1. The minimum Gasteiger partial charge on any atom is -0.383 e. The normalized spacial score (nSPS) is 10.7. The molecule has 0 saturated carbocycles. The van der Waals surface area contributed by atoms with E-state index in [1.165, 1.54) is 34.2 Å². The molecule has 0 amide bonds. The number of hydrogen-bond acceptors (Lipinski definition) is 5. The lowest BCUT2D eigenvalue weighted by Gasteiger charge is -2.06. The Balaban J connectivity index is 2.18. The SMILES string of the molecule is Nc1c(-c2cccs2)cnn1-c1cc(Cl)ccc1[N+](=O)[O-]. The Labute approximate surface area is 128 Å². The van der Waals surface area contributed by atoms with Gasteiger partial charge in [-0.2, -0.15) is 5.10 Å². The fourth-order valence-corrected chi connectivity index (χ4v) is 2.90. The Hall–Kier alpha value is -2.38. The minimum atomic E-state index is -0.488. The summed E-state index contributed by atoms with van der Waals surface area (Å²) in [7, 11) is 0. The van der Waals surface area contributed by atoms with Crippen molar-refractivity contribution in [1.29, 1.82) is 0 Å². The second kappa shape index (κ2) is 5.19. The molecule has 1 aromatic carbocycles. The maximum Gasteiger partial charge on any atom is 0.295 e. The van der Waals surface area contributed by atoms with Gasteiger partial charge in [0.2, 0.25) is 0 Å². The van der Waals surface area contributed by atoms with Crippen molar-refractivity contribution >= 4 is 34.4 Å². The van der Waals surface area contributed by atoms with Gasteiger partial charge in [0.15, 0.2) is 0 Å². The number of nitrogens with two attached hydrogens (primary N) is 1. The van der Waals surface area contributed by atoms with Crippen LogP contribution in [0.15, 0.2) is 41.9 Å². The molecule has 0 spiro atoms. The number of rotatable bonds is 3. The highest BCUT2D eigenvalue weighted by Crippen LogP contribution is 2.34. The topological polar surface area (TPSA) is 87.0 Å². The van der Waals surface area contributed by atoms with E-state index in [-0.39, 0.29) is 11.4 Å². The molecule has 0 atom stereocenters. The van der Waals surface area contributed by atoms with Crippen molar-refractivity contribution in [2.75, 3.05) is 5.73 Å². The lowest BCUT2D eigenvalue weighted by atomic mass is 10.2. The van der Waals surface area contributed by atoms with Gasteiger partial charge in [-0.3, -0.25) is 10.1 Å². The van der Waals surface area contributed by atoms with Crippen molar-refractivity contribution < 1.29 is 4.92 Å². The van der Waals surface area contributed by atoms with Gasteiger partial charge < -0.3 is 5.73 Å². The van der Waals surface area contributed by atoms with Gasteiger partial charge >= 0.3 is 0 Å². The van der Waals surface area contributed by atoms with Crippen molar-refractivity contribution in [2.45, 2.75) is 0 Å². The van der Waals surface area contributed by atoms with Crippen molar-refractivity contribution in [2.24, 2.45) is 0 Å². The third-order valence-corrected chi connectivity index (χ3v) is 4.09. The van der Waals surface area contributed by atoms with Crippen LogP contribution in [0.2, 0.25) is 5.02 Å². The Morgan fingerprint density at radius 2 is 2.19 bits per heavy atom. The monoisotopic (exact) mass is 320 g/mol. The molecule has 8 heteroatoms. The molecule has 3 aromatic rings. The first-order valence-electron chi connectivity index (χ1n) is 5.89. The predicted octanol–water partition coefficient (Wildman–Crippen LogP) is 3.74. The fraction of sp³-hybridized carbons (Fsp3) is 0. The van der Waals surface area contributed by atoms with Crippen LogP contribution in [0.3, 0.4) is 0 Å². The first-order chi connectivity index (χ1) is 10.1. The fourth-order valence-electron chi connectivity index (χ4n) is 1.99. The van der Waals surface area contributed by atoms with Crippen molar-refractivity contribution in [3.05, 3.63) is 57.0 Å². The van der Waals surface area contributed by atoms with Crippen LogP contribution in [0.1, 0.15) is 0 Å². The zero-order chi connectivity index (χ0) is 15.0. The standard InChI is InChI=1S/C13H9ClN4O2S/c14-8-3-4-10(18(19)20)11(6-8)17-13(15)9(7-16-17)12-2-1-5-21-12/h1-7H,15H2. The van der Waals surface area contributed by atoms with E-state index < -0.39 is 4.92 Å². The van der Waals surface area contributed by atoms with Gasteiger partial charge in [0.1, 0.15) is 11.5 Å². The summed E-state index contributed by atoms with van der Waals surface area (Å²) in [5, 5.41) is 17.6.